The zero-order chi connectivity index (χ0) is 17.6. The number of hydrogen-bond donors (Lipinski definition) is 3. The smallest absolute Gasteiger partial charge is 0.254 e. The van der Waals surface area contributed by atoms with Crippen molar-refractivity contribution in [3.63, 3.8) is 0 Å². The lowest BCUT2D eigenvalue weighted by atomic mass is 10.1. The van der Waals surface area contributed by atoms with E-state index in [0.717, 1.165) is 16.5 Å². The summed E-state index contributed by atoms with van der Waals surface area (Å²) in [5.74, 6) is 0.323. The van der Waals surface area contributed by atoms with Gasteiger partial charge >= 0.3 is 0 Å². The van der Waals surface area contributed by atoms with Crippen LogP contribution < -0.4 is 15.8 Å². The first-order valence-electron chi connectivity index (χ1n) is 7.50. The topological polar surface area (TPSA) is 123 Å². The number of methoxy groups -OCH3 is 1. The second kappa shape index (κ2) is 5.48. The third-order valence-electron chi connectivity index (χ3n) is 4.01. The lowest BCUT2D eigenvalue weighted by Gasteiger charge is -2.06. The summed E-state index contributed by atoms with van der Waals surface area (Å²) in [5.41, 5.74) is 9.19. The third kappa shape index (κ3) is 2.24. The molecule has 4 N–H and O–H groups in total. The van der Waals surface area contributed by atoms with Crippen molar-refractivity contribution in [3.05, 3.63) is 36.3 Å². The SMILES string of the molecule is CNC(=O)c1cnn2ccc(-c3c[nH]c4nc(N)nc(OC)c34)cc12. The molecule has 126 valence electrons. The number of nitrogens with zero attached hydrogens (tertiary/aromatic N) is 4. The predicted molar refractivity (Wildman–Crippen MR) is 92.4 cm³/mol. The largest absolute Gasteiger partial charge is 0.480 e. The number of anilines is 1. The van der Waals surface area contributed by atoms with Crippen LogP contribution in [0.25, 0.3) is 27.7 Å². The number of nitrogens with two attached hydrogens (primary N) is 1. The van der Waals surface area contributed by atoms with Crippen LogP contribution in [0.1, 0.15) is 10.4 Å². The molecule has 0 spiro atoms. The summed E-state index contributed by atoms with van der Waals surface area (Å²) in [5, 5.41) is 7.54. The fourth-order valence-electron chi connectivity index (χ4n) is 2.85. The number of rotatable bonds is 3. The Morgan fingerprint density at radius 3 is 3.00 bits per heavy atom. The molecule has 25 heavy (non-hydrogen) atoms. The van der Waals surface area contributed by atoms with Crippen molar-refractivity contribution >= 4 is 28.4 Å². The number of carbonyl (C=O) groups excluding carboxylic acids is 1. The highest BCUT2D eigenvalue weighted by atomic mass is 16.5. The van der Waals surface area contributed by atoms with Crippen molar-refractivity contribution < 1.29 is 9.53 Å². The van der Waals surface area contributed by atoms with Gasteiger partial charge < -0.3 is 20.8 Å². The van der Waals surface area contributed by atoms with E-state index in [0.29, 0.717) is 22.6 Å². The van der Waals surface area contributed by atoms with Gasteiger partial charge in [0.2, 0.25) is 11.8 Å². The van der Waals surface area contributed by atoms with Gasteiger partial charge in [0.15, 0.2) is 0 Å². The molecule has 0 unspecified atom stereocenters. The van der Waals surface area contributed by atoms with Gasteiger partial charge in [0.25, 0.3) is 5.91 Å². The van der Waals surface area contributed by atoms with Crippen LogP contribution in [-0.2, 0) is 0 Å². The Bertz CT molecular complexity index is 1110. The molecule has 9 heteroatoms. The van der Waals surface area contributed by atoms with Crippen molar-refractivity contribution in [1.29, 1.82) is 0 Å². The molecule has 0 radical (unpaired) electrons. The lowest BCUT2D eigenvalue weighted by molar-refractivity contribution is 0.0964. The second-order valence-corrected chi connectivity index (χ2v) is 5.40. The molecule has 9 nitrogen and oxygen atoms in total. The Hall–Kier alpha value is -3.62. The van der Waals surface area contributed by atoms with Crippen LogP contribution in [0.2, 0.25) is 0 Å². The van der Waals surface area contributed by atoms with Crippen LogP contribution in [0, 0.1) is 0 Å². The Morgan fingerprint density at radius 2 is 2.24 bits per heavy atom. The minimum absolute atomic E-state index is 0.130. The van der Waals surface area contributed by atoms with Gasteiger partial charge in [0, 0.05) is 25.0 Å². The number of carbonyl (C=O) groups is 1. The third-order valence-corrected chi connectivity index (χ3v) is 4.01. The Morgan fingerprint density at radius 1 is 1.40 bits per heavy atom. The van der Waals surface area contributed by atoms with Crippen LogP contribution in [-0.4, -0.2) is 44.6 Å². The normalized spacial score (nSPS) is 11.1. The first kappa shape index (κ1) is 14.9. The number of fused-ring (bicyclic) bond motifs is 2. The van der Waals surface area contributed by atoms with E-state index in [1.54, 1.807) is 17.8 Å². The number of hydrogen-bond acceptors (Lipinski definition) is 6. The average molecular weight is 337 g/mol. The number of aromatic amines is 1. The Labute approximate surface area is 141 Å². The van der Waals surface area contributed by atoms with Crippen LogP contribution >= 0.6 is 0 Å². The van der Waals surface area contributed by atoms with E-state index in [1.165, 1.54) is 13.3 Å². The van der Waals surface area contributed by atoms with Crippen molar-refractivity contribution in [2.75, 3.05) is 19.9 Å². The molecule has 4 aromatic heterocycles. The quantitative estimate of drug-likeness (QED) is 0.516. The van der Waals surface area contributed by atoms with Gasteiger partial charge in [0.1, 0.15) is 5.65 Å². The summed E-state index contributed by atoms with van der Waals surface area (Å²) in [6, 6.07) is 3.78. The van der Waals surface area contributed by atoms with Gasteiger partial charge in [0.05, 0.1) is 29.8 Å². The summed E-state index contributed by atoms with van der Waals surface area (Å²) in [6.45, 7) is 0. The molecule has 0 aliphatic heterocycles. The van der Waals surface area contributed by atoms with Gasteiger partial charge in [-0.05, 0) is 17.7 Å². The van der Waals surface area contributed by atoms with Crippen LogP contribution in [0.15, 0.2) is 30.7 Å². The summed E-state index contributed by atoms with van der Waals surface area (Å²) in [6.07, 6.45) is 5.14. The van der Waals surface area contributed by atoms with E-state index in [1.807, 2.05) is 18.3 Å². The molecular formula is C16H15N7O2. The van der Waals surface area contributed by atoms with E-state index >= 15 is 0 Å². The monoisotopic (exact) mass is 337 g/mol. The predicted octanol–water partition coefficient (Wildman–Crippen LogP) is 1.22. The highest BCUT2D eigenvalue weighted by molar-refractivity contribution is 6.02. The van der Waals surface area contributed by atoms with Crippen molar-refractivity contribution in [2.45, 2.75) is 0 Å². The number of ether oxygens (including phenoxy) is 1. The van der Waals surface area contributed by atoms with Gasteiger partial charge in [-0.3, -0.25) is 4.79 Å². The molecule has 4 aromatic rings. The highest BCUT2D eigenvalue weighted by Crippen LogP contribution is 2.34. The van der Waals surface area contributed by atoms with Crippen molar-refractivity contribution in [1.82, 2.24) is 29.9 Å². The van der Waals surface area contributed by atoms with Crippen LogP contribution in [0.3, 0.4) is 0 Å². The van der Waals surface area contributed by atoms with Crippen molar-refractivity contribution in [2.24, 2.45) is 0 Å². The standard InChI is InChI=1S/C16H15N7O2/c1-18-14(24)10-7-20-23-4-3-8(5-11(10)23)9-6-19-13-12(9)15(25-2)22-16(17)21-13/h3-7H,1-2H3,(H,18,24)(H3,17,19,21,22). The molecule has 1 amide bonds. The molecule has 0 aliphatic carbocycles. The van der Waals surface area contributed by atoms with E-state index in [9.17, 15) is 4.79 Å². The van der Waals surface area contributed by atoms with Gasteiger partial charge in [-0.2, -0.15) is 15.1 Å². The summed E-state index contributed by atoms with van der Waals surface area (Å²) in [7, 11) is 3.11. The maximum Gasteiger partial charge on any atom is 0.254 e. The first-order valence-corrected chi connectivity index (χ1v) is 7.50. The maximum atomic E-state index is 12.0. The number of nitrogen functional groups attached to an aromatic ring is 1. The average Bonchev–Trinajstić information content (AvgIpc) is 3.23. The molecule has 0 aromatic carbocycles. The number of amides is 1. The molecule has 0 aliphatic rings. The summed E-state index contributed by atoms with van der Waals surface area (Å²) in [4.78, 5) is 23.4. The molecular weight excluding hydrogens is 322 g/mol. The molecule has 0 atom stereocenters. The van der Waals surface area contributed by atoms with E-state index < -0.39 is 0 Å². The van der Waals surface area contributed by atoms with E-state index in [2.05, 4.69) is 25.4 Å². The fourth-order valence-corrected chi connectivity index (χ4v) is 2.85. The molecule has 0 bridgehead atoms. The maximum absolute atomic E-state index is 12.0. The van der Waals surface area contributed by atoms with Crippen molar-refractivity contribution in [3.8, 4) is 17.0 Å². The fraction of sp³-hybridized carbons (Fsp3) is 0.125. The van der Waals surface area contributed by atoms with Gasteiger partial charge in [-0.15, -0.1) is 0 Å². The number of H-pyrrole nitrogens is 1. The lowest BCUT2D eigenvalue weighted by Crippen LogP contribution is -2.17. The number of nitrogens with one attached hydrogen (secondary N) is 2. The molecule has 4 heterocycles. The highest BCUT2D eigenvalue weighted by Gasteiger charge is 2.17. The second-order valence-electron chi connectivity index (χ2n) is 5.40. The van der Waals surface area contributed by atoms with Crippen LogP contribution in [0.5, 0.6) is 5.88 Å². The zero-order valence-electron chi connectivity index (χ0n) is 13.6. The van der Waals surface area contributed by atoms with E-state index in [-0.39, 0.29) is 11.9 Å². The summed E-state index contributed by atoms with van der Waals surface area (Å²) < 4.78 is 7.00. The Kier molecular flexibility index (Phi) is 3.27. The number of pyridine rings is 1. The molecule has 0 saturated carbocycles. The number of aromatic nitrogens is 5. The first-order chi connectivity index (χ1) is 12.1. The minimum Gasteiger partial charge on any atom is -0.480 e. The zero-order valence-corrected chi connectivity index (χ0v) is 13.6. The minimum atomic E-state index is -0.195. The molecule has 0 fully saturated rings. The van der Waals surface area contributed by atoms with Crippen LogP contribution in [0.4, 0.5) is 5.95 Å². The van der Waals surface area contributed by atoms with Gasteiger partial charge in [-0.1, -0.05) is 0 Å². The Balaban J connectivity index is 1.96. The molecule has 4 rings (SSSR count). The summed E-state index contributed by atoms with van der Waals surface area (Å²) >= 11 is 0. The molecule has 0 saturated heterocycles. The van der Waals surface area contributed by atoms with Gasteiger partial charge in [-0.25, -0.2) is 4.52 Å². The van der Waals surface area contributed by atoms with E-state index in [4.69, 9.17) is 10.5 Å².